The topological polar surface area (TPSA) is 86.4 Å². The third-order valence-corrected chi connectivity index (χ3v) is 5.22. The predicted molar refractivity (Wildman–Crippen MR) is 111 cm³/mol. The number of hydrogen-bond donors (Lipinski definition) is 1. The first-order chi connectivity index (χ1) is 13.7. The summed E-state index contributed by atoms with van der Waals surface area (Å²) in [6, 6.07) is 7.81. The molecule has 1 aliphatic heterocycles. The van der Waals surface area contributed by atoms with Crippen molar-refractivity contribution in [3.63, 3.8) is 0 Å². The zero-order valence-corrected chi connectivity index (χ0v) is 16.6. The molecule has 0 bridgehead atoms. The number of benzene rings is 1. The molecular formula is C20H23N5O2S. The molecule has 1 fully saturated rings. The first-order valence-corrected chi connectivity index (χ1v) is 10.3. The summed E-state index contributed by atoms with van der Waals surface area (Å²) in [5.41, 5.74) is 7.23. The van der Waals surface area contributed by atoms with Crippen molar-refractivity contribution in [1.82, 2.24) is 15.0 Å². The second-order valence-corrected chi connectivity index (χ2v) is 7.43. The van der Waals surface area contributed by atoms with Gasteiger partial charge in [0.15, 0.2) is 16.6 Å². The Hall–Kier alpha value is -2.87. The highest BCUT2D eigenvalue weighted by Gasteiger charge is 2.24. The Morgan fingerprint density at radius 3 is 2.82 bits per heavy atom. The number of thiazole rings is 1. The quantitative estimate of drug-likeness (QED) is 0.680. The minimum atomic E-state index is 0.0655. The molecule has 3 aromatic rings. The van der Waals surface area contributed by atoms with E-state index < -0.39 is 0 Å². The molecule has 7 nitrogen and oxygen atoms in total. The molecule has 0 amide bonds. The fourth-order valence-corrected chi connectivity index (χ4v) is 3.84. The number of nitrogens with zero attached hydrogens (tertiary/aromatic N) is 4. The highest BCUT2D eigenvalue weighted by molar-refractivity contribution is 7.13. The molecule has 0 spiro atoms. The van der Waals surface area contributed by atoms with E-state index in [9.17, 15) is 0 Å². The number of piperidine rings is 1. The molecule has 0 saturated carbocycles. The van der Waals surface area contributed by atoms with Crippen LogP contribution in [0.4, 0.5) is 10.9 Å². The second kappa shape index (κ2) is 8.43. The van der Waals surface area contributed by atoms with Crippen molar-refractivity contribution >= 4 is 22.3 Å². The monoisotopic (exact) mass is 397 g/mol. The molecule has 146 valence electrons. The molecule has 1 atom stereocenters. The summed E-state index contributed by atoms with van der Waals surface area (Å²) in [7, 11) is 0. The van der Waals surface area contributed by atoms with Gasteiger partial charge in [0.05, 0.1) is 25.5 Å². The Morgan fingerprint density at radius 2 is 2.04 bits per heavy atom. The lowest BCUT2D eigenvalue weighted by Gasteiger charge is -2.33. The van der Waals surface area contributed by atoms with Gasteiger partial charge in [-0.25, -0.2) is 9.97 Å². The van der Waals surface area contributed by atoms with Crippen molar-refractivity contribution in [2.24, 2.45) is 0 Å². The average molecular weight is 398 g/mol. The molecule has 3 heterocycles. The molecule has 8 heteroatoms. The minimum Gasteiger partial charge on any atom is -0.490 e. The van der Waals surface area contributed by atoms with Gasteiger partial charge in [0.1, 0.15) is 23.3 Å². The first-order valence-electron chi connectivity index (χ1n) is 9.39. The van der Waals surface area contributed by atoms with Gasteiger partial charge in [-0.15, -0.1) is 11.3 Å². The molecule has 1 saturated heterocycles. The SMILES string of the molecule is CCOc1ccccc1OC1CCCN(c2cncc(-c3csc(N)n3)n2)C1. The Labute approximate surface area is 168 Å². The van der Waals surface area contributed by atoms with Gasteiger partial charge >= 0.3 is 0 Å². The average Bonchev–Trinajstić information content (AvgIpc) is 3.16. The fraction of sp³-hybridized carbons (Fsp3) is 0.350. The standard InChI is InChI=1S/C20H23N5O2S/c1-2-26-17-7-3-4-8-18(17)27-14-6-5-9-25(12-14)19-11-22-10-15(23-19)16-13-28-20(21)24-16/h3-4,7-8,10-11,13-14H,2,5-6,9,12H2,1H3,(H2,21,24). The Balaban J connectivity index is 1.49. The van der Waals surface area contributed by atoms with Crippen LogP contribution in [0.2, 0.25) is 0 Å². The van der Waals surface area contributed by atoms with Crippen LogP contribution < -0.4 is 20.1 Å². The van der Waals surface area contributed by atoms with Crippen LogP contribution in [0, 0.1) is 0 Å². The molecule has 2 aromatic heterocycles. The number of para-hydroxylation sites is 2. The van der Waals surface area contributed by atoms with Crippen LogP contribution >= 0.6 is 11.3 Å². The number of nitrogen functional groups attached to an aromatic ring is 1. The van der Waals surface area contributed by atoms with E-state index in [1.165, 1.54) is 11.3 Å². The Kier molecular flexibility index (Phi) is 5.57. The van der Waals surface area contributed by atoms with Crippen molar-refractivity contribution < 1.29 is 9.47 Å². The van der Waals surface area contributed by atoms with Crippen LogP contribution in [0.25, 0.3) is 11.4 Å². The Morgan fingerprint density at radius 1 is 1.18 bits per heavy atom. The molecule has 0 aliphatic carbocycles. The van der Waals surface area contributed by atoms with Gasteiger partial charge in [0.2, 0.25) is 0 Å². The minimum absolute atomic E-state index is 0.0655. The number of aromatic nitrogens is 3. The van der Waals surface area contributed by atoms with E-state index in [-0.39, 0.29) is 6.10 Å². The third kappa shape index (κ3) is 4.17. The van der Waals surface area contributed by atoms with E-state index in [0.29, 0.717) is 11.7 Å². The normalized spacial score (nSPS) is 16.8. The van der Waals surface area contributed by atoms with Gasteiger partial charge < -0.3 is 20.1 Å². The molecule has 1 unspecified atom stereocenters. The van der Waals surface area contributed by atoms with E-state index in [0.717, 1.165) is 54.6 Å². The summed E-state index contributed by atoms with van der Waals surface area (Å²) in [5, 5.41) is 2.43. The van der Waals surface area contributed by atoms with Crippen LogP contribution in [0.15, 0.2) is 42.0 Å². The molecule has 1 aliphatic rings. The summed E-state index contributed by atoms with van der Waals surface area (Å²) in [6.07, 6.45) is 5.59. The zero-order valence-electron chi connectivity index (χ0n) is 15.7. The largest absolute Gasteiger partial charge is 0.490 e. The summed E-state index contributed by atoms with van der Waals surface area (Å²) >= 11 is 1.40. The first kappa shape index (κ1) is 18.5. The summed E-state index contributed by atoms with van der Waals surface area (Å²) < 4.78 is 11.9. The number of ether oxygens (including phenoxy) is 2. The molecular weight excluding hydrogens is 374 g/mol. The highest BCUT2D eigenvalue weighted by atomic mass is 32.1. The molecule has 4 rings (SSSR count). The van der Waals surface area contributed by atoms with E-state index in [2.05, 4.69) is 14.9 Å². The van der Waals surface area contributed by atoms with Crippen molar-refractivity contribution in [2.75, 3.05) is 30.3 Å². The maximum absolute atomic E-state index is 6.27. The Bertz CT molecular complexity index is 932. The van der Waals surface area contributed by atoms with Gasteiger partial charge in [-0.3, -0.25) is 4.98 Å². The lowest BCUT2D eigenvalue weighted by Crippen LogP contribution is -2.41. The summed E-state index contributed by atoms with van der Waals surface area (Å²) in [5.74, 6) is 2.40. The van der Waals surface area contributed by atoms with E-state index in [4.69, 9.17) is 20.2 Å². The van der Waals surface area contributed by atoms with Gasteiger partial charge in [-0.05, 0) is 31.9 Å². The van der Waals surface area contributed by atoms with Crippen LogP contribution in [-0.4, -0.2) is 40.8 Å². The summed E-state index contributed by atoms with van der Waals surface area (Å²) in [4.78, 5) is 15.6. The van der Waals surface area contributed by atoms with Crippen molar-refractivity contribution in [1.29, 1.82) is 0 Å². The van der Waals surface area contributed by atoms with E-state index >= 15 is 0 Å². The smallest absolute Gasteiger partial charge is 0.180 e. The zero-order chi connectivity index (χ0) is 19.3. The lowest BCUT2D eigenvalue weighted by atomic mass is 10.1. The lowest BCUT2D eigenvalue weighted by molar-refractivity contribution is 0.170. The predicted octanol–water partition coefficient (Wildman–Crippen LogP) is 3.63. The van der Waals surface area contributed by atoms with Crippen LogP contribution in [0.5, 0.6) is 11.5 Å². The second-order valence-electron chi connectivity index (χ2n) is 6.54. The number of hydrogen-bond acceptors (Lipinski definition) is 8. The van der Waals surface area contributed by atoms with Crippen molar-refractivity contribution in [3.8, 4) is 22.9 Å². The maximum atomic E-state index is 6.27. The molecule has 2 N–H and O–H groups in total. The summed E-state index contributed by atoms with van der Waals surface area (Å²) in [6.45, 7) is 4.25. The van der Waals surface area contributed by atoms with Gasteiger partial charge in [0.25, 0.3) is 0 Å². The number of rotatable bonds is 6. The van der Waals surface area contributed by atoms with Gasteiger partial charge in [-0.2, -0.15) is 0 Å². The third-order valence-electron chi connectivity index (χ3n) is 4.55. The maximum Gasteiger partial charge on any atom is 0.180 e. The van der Waals surface area contributed by atoms with Gasteiger partial charge in [-0.1, -0.05) is 12.1 Å². The van der Waals surface area contributed by atoms with Crippen LogP contribution in [0.3, 0.4) is 0 Å². The van der Waals surface area contributed by atoms with Crippen LogP contribution in [-0.2, 0) is 0 Å². The molecule has 1 aromatic carbocycles. The number of nitrogens with two attached hydrogens (primary N) is 1. The van der Waals surface area contributed by atoms with Crippen molar-refractivity contribution in [3.05, 3.63) is 42.0 Å². The highest BCUT2D eigenvalue weighted by Crippen LogP contribution is 2.30. The molecule has 0 radical (unpaired) electrons. The molecule has 28 heavy (non-hydrogen) atoms. The van der Waals surface area contributed by atoms with E-state index in [1.807, 2.05) is 36.6 Å². The van der Waals surface area contributed by atoms with E-state index in [1.54, 1.807) is 12.4 Å². The number of anilines is 2. The van der Waals surface area contributed by atoms with Crippen LogP contribution in [0.1, 0.15) is 19.8 Å². The van der Waals surface area contributed by atoms with Gasteiger partial charge in [0, 0.05) is 11.9 Å². The van der Waals surface area contributed by atoms with Crippen molar-refractivity contribution in [2.45, 2.75) is 25.9 Å². The fourth-order valence-electron chi connectivity index (χ4n) is 3.28.